The summed E-state index contributed by atoms with van der Waals surface area (Å²) < 4.78 is 28.3. The van der Waals surface area contributed by atoms with Crippen molar-refractivity contribution in [3.05, 3.63) is 28.7 Å². The molecule has 0 saturated heterocycles. The molecule has 1 aromatic carbocycles. The molecule has 0 fully saturated rings. The molecule has 0 aliphatic carbocycles. The molecule has 17 heavy (non-hydrogen) atoms. The molecular weight excluding hydrogens is 306 g/mol. The summed E-state index contributed by atoms with van der Waals surface area (Å²) in [5.74, 6) is 0. The van der Waals surface area contributed by atoms with Crippen LogP contribution in [0, 0.1) is 0 Å². The lowest BCUT2D eigenvalue weighted by molar-refractivity contribution is 0.468. The fourth-order valence-electron chi connectivity index (χ4n) is 1.18. The van der Waals surface area contributed by atoms with Gasteiger partial charge in [0, 0.05) is 23.8 Å². The first-order valence-electron chi connectivity index (χ1n) is 5.15. The van der Waals surface area contributed by atoms with E-state index in [9.17, 15) is 8.42 Å². The van der Waals surface area contributed by atoms with Crippen molar-refractivity contribution in [3.63, 3.8) is 0 Å². The molecule has 96 valence electrons. The van der Waals surface area contributed by atoms with Gasteiger partial charge in [-0.05, 0) is 37.2 Å². The molecule has 0 radical (unpaired) electrons. The Morgan fingerprint density at radius 2 is 1.94 bits per heavy atom. The molecule has 1 aromatic rings. The zero-order valence-corrected chi connectivity index (χ0v) is 12.0. The fraction of sp³-hybridized carbons (Fsp3) is 0.400. The van der Waals surface area contributed by atoms with Crippen LogP contribution in [0.1, 0.15) is 6.42 Å². The third kappa shape index (κ3) is 4.63. The quantitative estimate of drug-likeness (QED) is 0.831. The van der Waals surface area contributed by atoms with Crippen molar-refractivity contribution in [1.29, 1.82) is 0 Å². The van der Waals surface area contributed by atoms with Crippen LogP contribution in [0.25, 0.3) is 0 Å². The molecule has 1 rings (SSSR count). The molecule has 0 atom stereocenters. The van der Waals surface area contributed by atoms with E-state index in [0.717, 1.165) is 4.47 Å². The normalized spacial score (nSPS) is 11.8. The number of benzene rings is 1. The van der Waals surface area contributed by atoms with Crippen molar-refractivity contribution in [1.82, 2.24) is 4.31 Å². The Bertz CT molecular complexity index is 447. The van der Waals surface area contributed by atoms with E-state index in [1.54, 1.807) is 24.3 Å². The summed E-state index contributed by atoms with van der Waals surface area (Å²) in [6, 6.07) is 6.94. The van der Waals surface area contributed by atoms with Crippen LogP contribution in [0.15, 0.2) is 28.7 Å². The van der Waals surface area contributed by atoms with Crippen LogP contribution in [0.2, 0.25) is 0 Å². The first-order valence-corrected chi connectivity index (χ1v) is 7.39. The lowest BCUT2D eigenvalue weighted by Crippen LogP contribution is -2.34. The second-order valence-electron chi connectivity index (χ2n) is 3.58. The van der Waals surface area contributed by atoms with Gasteiger partial charge in [-0.15, -0.1) is 0 Å². The highest BCUT2D eigenvalue weighted by Gasteiger charge is 2.16. The average molecular weight is 322 g/mol. The Kier molecular flexibility index (Phi) is 5.38. The second-order valence-corrected chi connectivity index (χ2v) is 6.27. The predicted octanol–water partition coefficient (Wildman–Crippen LogP) is 1.39. The maximum absolute atomic E-state index is 11.9. The Balaban J connectivity index is 2.69. The first-order chi connectivity index (χ1) is 7.95. The van der Waals surface area contributed by atoms with Gasteiger partial charge in [-0.25, -0.2) is 0 Å². The van der Waals surface area contributed by atoms with E-state index >= 15 is 0 Å². The topological polar surface area (TPSA) is 75.4 Å². The first kappa shape index (κ1) is 14.4. The number of nitrogens with zero attached hydrogens (tertiary/aromatic N) is 1. The van der Waals surface area contributed by atoms with Crippen LogP contribution in [-0.4, -0.2) is 32.9 Å². The van der Waals surface area contributed by atoms with Gasteiger partial charge in [0.15, 0.2) is 0 Å². The number of nitrogens with two attached hydrogens (primary N) is 1. The van der Waals surface area contributed by atoms with Crippen molar-refractivity contribution < 1.29 is 8.42 Å². The maximum atomic E-state index is 11.9. The number of anilines is 1. The molecule has 0 saturated carbocycles. The SMILES string of the molecule is CN(CCCN)S(=O)(=O)Nc1ccc(Br)cc1. The maximum Gasteiger partial charge on any atom is 0.301 e. The van der Waals surface area contributed by atoms with Crippen molar-refractivity contribution >= 4 is 31.8 Å². The third-order valence-electron chi connectivity index (χ3n) is 2.18. The molecule has 0 amide bonds. The molecule has 0 aliphatic heterocycles. The monoisotopic (exact) mass is 321 g/mol. The summed E-state index contributed by atoms with van der Waals surface area (Å²) >= 11 is 3.29. The summed E-state index contributed by atoms with van der Waals surface area (Å²) in [5.41, 5.74) is 5.88. The fourth-order valence-corrected chi connectivity index (χ4v) is 2.40. The summed E-state index contributed by atoms with van der Waals surface area (Å²) in [5, 5.41) is 0. The minimum atomic E-state index is -3.49. The molecule has 7 heteroatoms. The number of hydrogen-bond donors (Lipinski definition) is 2. The van der Waals surface area contributed by atoms with Gasteiger partial charge in [-0.1, -0.05) is 15.9 Å². The van der Waals surface area contributed by atoms with E-state index in [-0.39, 0.29) is 0 Å². The highest BCUT2D eigenvalue weighted by Crippen LogP contribution is 2.15. The smallest absolute Gasteiger partial charge is 0.301 e. The molecular formula is C10H16BrN3O2S. The highest BCUT2D eigenvalue weighted by molar-refractivity contribution is 9.10. The lowest BCUT2D eigenvalue weighted by atomic mass is 10.3. The Morgan fingerprint density at radius 1 is 1.35 bits per heavy atom. The lowest BCUT2D eigenvalue weighted by Gasteiger charge is -2.17. The Labute approximate surface area is 110 Å². The minimum absolute atomic E-state index is 0.405. The van der Waals surface area contributed by atoms with Crippen molar-refractivity contribution in [2.75, 3.05) is 24.9 Å². The predicted molar refractivity (Wildman–Crippen MR) is 73.0 cm³/mol. The van der Waals surface area contributed by atoms with E-state index in [0.29, 0.717) is 25.2 Å². The largest absolute Gasteiger partial charge is 0.330 e. The van der Waals surface area contributed by atoms with Gasteiger partial charge in [0.1, 0.15) is 0 Å². The molecule has 3 N–H and O–H groups in total. The summed E-state index contributed by atoms with van der Waals surface area (Å²) in [6.07, 6.45) is 0.637. The van der Waals surface area contributed by atoms with Gasteiger partial charge in [-0.3, -0.25) is 4.72 Å². The van der Waals surface area contributed by atoms with E-state index in [2.05, 4.69) is 20.7 Å². The van der Waals surface area contributed by atoms with Gasteiger partial charge >= 0.3 is 10.2 Å². The van der Waals surface area contributed by atoms with E-state index in [1.165, 1.54) is 11.4 Å². The van der Waals surface area contributed by atoms with E-state index in [4.69, 9.17) is 5.73 Å². The second kappa shape index (κ2) is 6.34. The van der Waals surface area contributed by atoms with E-state index < -0.39 is 10.2 Å². The molecule has 0 aliphatic rings. The van der Waals surface area contributed by atoms with Gasteiger partial charge in [0.05, 0.1) is 0 Å². The van der Waals surface area contributed by atoms with Gasteiger partial charge < -0.3 is 5.73 Å². The number of hydrogen-bond acceptors (Lipinski definition) is 3. The molecule has 0 unspecified atom stereocenters. The molecule has 0 heterocycles. The van der Waals surface area contributed by atoms with Crippen molar-refractivity contribution in [2.24, 2.45) is 5.73 Å². The molecule has 0 aromatic heterocycles. The van der Waals surface area contributed by atoms with Crippen molar-refractivity contribution in [2.45, 2.75) is 6.42 Å². The zero-order valence-electron chi connectivity index (χ0n) is 9.56. The van der Waals surface area contributed by atoms with Crippen LogP contribution >= 0.6 is 15.9 Å². The number of nitrogens with one attached hydrogen (secondary N) is 1. The average Bonchev–Trinajstić information content (AvgIpc) is 2.28. The van der Waals surface area contributed by atoms with Crippen LogP contribution in [-0.2, 0) is 10.2 Å². The minimum Gasteiger partial charge on any atom is -0.330 e. The van der Waals surface area contributed by atoms with Gasteiger partial charge in [0.2, 0.25) is 0 Å². The van der Waals surface area contributed by atoms with Crippen molar-refractivity contribution in [3.8, 4) is 0 Å². The summed E-state index contributed by atoms with van der Waals surface area (Å²) in [6.45, 7) is 0.876. The van der Waals surface area contributed by atoms with Crippen LogP contribution in [0.4, 0.5) is 5.69 Å². The Hall–Kier alpha value is -0.630. The summed E-state index contributed by atoms with van der Waals surface area (Å²) in [4.78, 5) is 0. The van der Waals surface area contributed by atoms with Gasteiger partial charge in [0.25, 0.3) is 0 Å². The standard InChI is InChI=1S/C10H16BrN3O2S/c1-14(8-2-7-12)17(15,16)13-10-5-3-9(11)4-6-10/h3-6,13H,2,7-8,12H2,1H3. The summed E-state index contributed by atoms with van der Waals surface area (Å²) in [7, 11) is -1.96. The third-order valence-corrected chi connectivity index (χ3v) is 4.20. The highest BCUT2D eigenvalue weighted by atomic mass is 79.9. The number of halogens is 1. The van der Waals surface area contributed by atoms with E-state index in [1.807, 2.05) is 0 Å². The zero-order chi connectivity index (χ0) is 12.9. The molecule has 0 spiro atoms. The Morgan fingerprint density at radius 3 is 2.47 bits per heavy atom. The van der Waals surface area contributed by atoms with Crippen LogP contribution < -0.4 is 10.5 Å². The molecule has 5 nitrogen and oxygen atoms in total. The van der Waals surface area contributed by atoms with Crippen LogP contribution in [0.5, 0.6) is 0 Å². The number of rotatable bonds is 6. The molecule has 0 bridgehead atoms. The van der Waals surface area contributed by atoms with Gasteiger partial charge in [-0.2, -0.15) is 12.7 Å². The van der Waals surface area contributed by atoms with Crippen LogP contribution in [0.3, 0.4) is 0 Å².